The second-order valence-electron chi connectivity index (χ2n) is 4.06. The molecule has 0 spiro atoms. The van der Waals surface area contributed by atoms with Crippen molar-refractivity contribution < 1.29 is 9.90 Å². The number of nitrogens with zero attached hydrogens (tertiary/aromatic N) is 4. The van der Waals surface area contributed by atoms with E-state index >= 15 is 0 Å². The van der Waals surface area contributed by atoms with Crippen LogP contribution >= 0.6 is 0 Å². The molecule has 0 aliphatic heterocycles. The summed E-state index contributed by atoms with van der Waals surface area (Å²) in [4.78, 5) is 16.8. The lowest BCUT2D eigenvalue weighted by Crippen LogP contribution is -2.38. The van der Waals surface area contributed by atoms with Crippen molar-refractivity contribution in [2.45, 2.75) is 40.2 Å². The summed E-state index contributed by atoms with van der Waals surface area (Å²) in [6, 6.07) is 0.0648. The van der Waals surface area contributed by atoms with Gasteiger partial charge in [0.15, 0.2) is 0 Å². The van der Waals surface area contributed by atoms with Gasteiger partial charge in [-0.25, -0.2) is 4.98 Å². The molecule has 1 heterocycles. The number of aliphatic carboxylic acids is 1. The van der Waals surface area contributed by atoms with E-state index in [2.05, 4.69) is 15.2 Å². The van der Waals surface area contributed by atoms with Crippen molar-refractivity contribution in [3.63, 3.8) is 0 Å². The van der Waals surface area contributed by atoms with Crippen LogP contribution in [0.5, 0.6) is 0 Å². The zero-order valence-electron chi connectivity index (χ0n) is 10.6. The number of carboxylic acids is 1. The van der Waals surface area contributed by atoms with Crippen LogP contribution in [0.3, 0.4) is 0 Å². The number of hydrogen-bond donors (Lipinski definition) is 1. The van der Waals surface area contributed by atoms with E-state index in [0.717, 1.165) is 17.8 Å². The molecule has 0 amide bonds. The number of anilines is 1. The van der Waals surface area contributed by atoms with E-state index in [1.54, 1.807) is 4.90 Å². The minimum atomic E-state index is -0.896. The first-order valence-electron chi connectivity index (χ1n) is 5.62. The molecule has 0 saturated carbocycles. The molecule has 6 nitrogen and oxygen atoms in total. The molecule has 94 valence electrons. The van der Waals surface area contributed by atoms with Crippen molar-refractivity contribution in [3.05, 3.63) is 11.4 Å². The minimum Gasteiger partial charge on any atom is -0.480 e. The summed E-state index contributed by atoms with van der Waals surface area (Å²) < 4.78 is 0. The molecule has 0 fully saturated rings. The molecule has 1 rings (SSSR count). The fraction of sp³-hybridized carbons (Fsp3) is 0.636. The van der Waals surface area contributed by atoms with Gasteiger partial charge in [-0.1, -0.05) is 6.92 Å². The predicted molar refractivity (Wildman–Crippen MR) is 64.0 cm³/mol. The lowest BCUT2D eigenvalue weighted by molar-refractivity contribution is -0.135. The normalized spacial score (nSPS) is 12.2. The highest BCUT2D eigenvalue weighted by molar-refractivity contribution is 5.72. The maximum absolute atomic E-state index is 10.8. The first kappa shape index (κ1) is 13.3. The van der Waals surface area contributed by atoms with E-state index in [0.29, 0.717) is 5.95 Å². The maximum Gasteiger partial charge on any atom is 0.323 e. The van der Waals surface area contributed by atoms with E-state index in [-0.39, 0.29) is 12.6 Å². The molecule has 0 aliphatic rings. The van der Waals surface area contributed by atoms with Crippen molar-refractivity contribution in [2.24, 2.45) is 0 Å². The third-order valence-corrected chi connectivity index (χ3v) is 2.77. The van der Waals surface area contributed by atoms with Crippen molar-refractivity contribution in [2.75, 3.05) is 11.4 Å². The summed E-state index contributed by atoms with van der Waals surface area (Å²) in [6.45, 7) is 7.49. The van der Waals surface area contributed by atoms with Crippen LogP contribution in [0.1, 0.15) is 31.7 Å². The number of aryl methyl sites for hydroxylation is 2. The Labute approximate surface area is 101 Å². The van der Waals surface area contributed by atoms with Gasteiger partial charge in [0.2, 0.25) is 5.95 Å². The van der Waals surface area contributed by atoms with Gasteiger partial charge in [-0.2, -0.15) is 5.10 Å². The first-order chi connectivity index (χ1) is 7.95. The van der Waals surface area contributed by atoms with Gasteiger partial charge in [-0.3, -0.25) is 4.79 Å². The average Bonchev–Trinajstić information content (AvgIpc) is 2.28. The maximum atomic E-state index is 10.8. The molecule has 1 N–H and O–H groups in total. The van der Waals surface area contributed by atoms with Gasteiger partial charge in [0.25, 0.3) is 0 Å². The van der Waals surface area contributed by atoms with Gasteiger partial charge < -0.3 is 10.0 Å². The second kappa shape index (κ2) is 5.56. The molecule has 0 aromatic carbocycles. The van der Waals surface area contributed by atoms with E-state index in [4.69, 9.17) is 5.11 Å². The minimum absolute atomic E-state index is 0.0648. The lowest BCUT2D eigenvalue weighted by Gasteiger charge is -2.26. The van der Waals surface area contributed by atoms with Crippen LogP contribution in [-0.4, -0.2) is 38.8 Å². The Balaban J connectivity index is 3.03. The van der Waals surface area contributed by atoms with Crippen molar-refractivity contribution in [3.8, 4) is 0 Å². The quantitative estimate of drug-likeness (QED) is 0.829. The summed E-state index contributed by atoms with van der Waals surface area (Å²) in [7, 11) is 0. The van der Waals surface area contributed by atoms with Crippen LogP contribution in [0.4, 0.5) is 5.95 Å². The Bertz CT molecular complexity index is 408. The van der Waals surface area contributed by atoms with E-state index in [9.17, 15) is 4.79 Å². The summed E-state index contributed by atoms with van der Waals surface area (Å²) in [5, 5.41) is 16.8. The molecule has 0 aliphatic carbocycles. The Hall–Kier alpha value is -1.72. The van der Waals surface area contributed by atoms with E-state index in [1.165, 1.54) is 0 Å². The molecule has 1 unspecified atom stereocenters. The average molecular weight is 238 g/mol. The number of hydrogen-bond acceptors (Lipinski definition) is 5. The third-order valence-electron chi connectivity index (χ3n) is 2.77. The van der Waals surface area contributed by atoms with Crippen LogP contribution in [0.15, 0.2) is 0 Å². The van der Waals surface area contributed by atoms with Gasteiger partial charge in [0.1, 0.15) is 6.54 Å². The molecular weight excluding hydrogens is 220 g/mol. The first-order valence-corrected chi connectivity index (χ1v) is 5.62. The Morgan fingerprint density at radius 2 is 2.00 bits per heavy atom. The summed E-state index contributed by atoms with van der Waals surface area (Å²) in [6.07, 6.45) is 0.823. The van der Waals surface area contributed by atoms with Crippen molar-refractivity contribution in [1.29, 1.82) is 0 Å². The lowest BCUT2D eigenvalue weighted by atomic mass is 10.2. The Morgan fingerprint density at radius 3 is 2.47 bits per heavy atom. The molecule has 17 heavy (non-hydrogen) atoms. The Kier molecular flexibility index (Phi) is 4.37. The van der Waals surface area contributed by atoms with Crippen LogP contribution in [0.25, 0.3) is 0 Å². The molecule has 1 atom stereocenters. The highest BCUT2D eigenvalue weighted by Gasteiger charge is 2.19. The topological polar surface area (TPSA) is 79.2 Å². The van der Waals surface area contributed by atoms with Gasteiger partial charge in [-0.15, -0.1) is 5.10 Å². The van der Waals surface area contributed by atoms with Gasteiger partial charge in [-0.05, 0) is 27.2 Å². The summed E-state index contributed by atoms with van der Waals surface area (Å²) in [5.74, 6) is -0.517. The van der Waals surface area contributed by atoms with Gasteiger partial charge in [0, 0.05) is 6.04 Å². The molecular formula is C11H18N4O2. The zero-order valence-corrected chi connectivity index (χ0v) is 10.6. The monoisotopic (exact) mass is 238 g/mol. The molecule has 0 bridgehead atoms. The standard InChI is InChI=1S/C11H18N4O2/c1-5-7(2)15(6-10(16)17)11-12-8(3)9(4)13-14-11/h7H,5-6H2,1-4H3,(H,16,17). The fourth-order valence-electron chi connectivity index (χ4n) is 1.36. The molecule has 1 aromatic rings. The van der Waals surface area contributed by atoms with E-state index < -0.39 is 5.97 Å². The smallest absolute Gasteiger partial charge is 0.323 e. The fourth-order valence-corrected chi connectivity index (χ4v) is 1.36. The predicted octanol–water partition coefficient (Wildman–Crippen LogP) is 1.18. The number of rotatable bonds is 5. The van der Waals surface area contributed by atoms with Crippen molar-refractivity contribution >= 4 is 11.9 Å². The molecule has 0 radical (unpaired) electrons. The van der Waals surface area contributed by atoms with Crippen molar-refractivity contribution in [1.82, 2.24) is 15.2 Å². The Morgan fingerprint density at radius 1 is 1.35 bits per heavy atom. The second-order valence-corrected chi connectivity index (χ2v) is 4.06. The summed E-state index contributed by atoms with van der Waals surface area (Å²) in [5.41, 5.74) is 1.53. The SMILES string of the molecule is CCC(C)N(CC(=O)O)c1nnc(C)c(C)n1. The molecule has 6 heteroatoms. The van der Waals surface area contributed by atoms with Crippen LogP contribution < -0.4 is 4.90 Å². The number of carbonyl (C=O) groups is 1. The number of aromatic nitrogens is 3. The van der Waals surface area contributed by atoms with Crippen LogP contribution in [0.2, 0.25) is 0 Å². The van der Waals surface area contributed by atoms with Crippen LogP contribution in [-0.2, 0) is 4.79 Å². The molecule has 0 saturated heterocycles. The highest BCUT2D eigenvalue weighted by Crippen LogP contribution is 2.13. The summed E-state index contributed by atoms with van der Waals surface area (Å²) >= 11 is 0. The van der Waals surface area contributed by atoms with E-state index in [1.807, 2.05) is 27.7 Å². The third kappa shape index (κ3) is 3.37. The van der Waals surface area contributed by atoms with Crippen LogP contribution in [0, 0.1) is 13.8 Å². The largest absolute Gasteiger partial charge is 0.480 e. The molecule has 1 aromatic heterocycles. The zero-order chi connectivity index (χ0) is 13.0. The highest BCUT2D eigenvalue weighted by atomic mass is 16.4. The number of carboxylic acid groups (broad SMARTS) is 1. The van der Waals surface area contributed by atoms with Gasteiger partial charge >= 0.3 is 5.97 Å². The van der Waals surface area contributed by atoms with Gasteiger partial charge in [0.05, 0.1) is 11.4 Å².